The summed E-state index contributed by atoms with van der Waals surface area (Å²) in [6.45, 7) is 4.82. The van der Waals surface area contributed by atoms with Crippen LogP contribution in [0.1, 0.15) is 32.1 Å². The number of rotatable bonds is 6. The average molecular weight is 402 g/mol. The molecule has 29 heavy (non-hydrogen) atoms. The molecule has 2 atom stereocenters. The van der Waals surface area contributed by atoms with Gasteiger partial charge < -0.3 is 24.5 Å². The highest BCUT2D eigenvalue weighted by Gasteiger charge is 2.37. The second kappa shape index (κ2) is 8.98. The molecule has 1 N–H and O–H groups in total. The highest BCUT2D eigenvalue weighted by atomic mass is 16.6. The molecule has 0 radical (unpaired) electrons. The van der Waals surface area contributed by atoms with Gasteiger partial charge in [-0.15, -0.1) is 0 Å². The van der Waals surface area contributed by atoms with E-state index in [1.54, 1.807) is 0 Å². The highest BCUT2D eigenvalue weighted by Crippen LogP contribution is 2.26. The summed E-state index contributed by atoms with van der Waals surface area (Å²) in [6, 6.07) is 4.28. The maximum Gasteiger partial charge on any atom is 0.410 e. The monoisotopic (exact) mass is 402 g/mol. The van der Waals surface area contributed by atoms with Gasteiger partial charge in [0.15, 0.2) is 0 Å². The second-order valence-corrected chi connectivity index (χ2v) is 8.35. The Labute approximate surface area is 171 Å². The Morgan fingerprint density at radius 3 is 2.62 bits per heavy atom. The Morgan fingerprint density at radius 2 is 1.90 bits per heavy atom. The number of amides is 1. The number of cyclic esters (lactones) is 1. The second-order valence-electron chi connectivity index (χ2n) is 8.35. The summed E-state index contributed by atoms with van der Waals surface area (Å²) in [5.74, 6) is -0.969. The van der Waals surface area contributed by atoms with Gasteiger partial charge in [-0.2, -0.15) is 0 Å². The van der Waals surface area contributed by atoms with Crippen molar-refractivity contribution in [1.82, 2.24) is 14.8 Å². The van der Waals surface area contributed by atoms with Crippen molar-refractivity contribution < 1.29 is 19.4 Å². The number of pyridine rings is 1. The summed E-state index contributed by atoms with van der Waals surface area (Å²) in [6.07, 6.45) is 7.66. The Morgan fingerprint density at radius 1 is 1.14 bits per heavy atom. The molecule has 0 aliphatic carbocycles. The Bertz CT molecular complexity index is 708. The number of hydrogen-bond donors (Lipinski definition) is 1. The van der Waals surface area contributed by atoms with E-state index in [9.17, 15) is 14.7 Å². The van der Waals surface area contributed by atoms with E-state index in [1.807, 2.05) is 29.4 Å². The van der Waals surface area contributed by atoms with Crippen LogP contribution in [0, 0.1) is 5.92 Å². The van der Waals surface area contributed by atoms with Crippen LogP contribution in [0.2, 0.25) is 0 Å². The Kier molecular flexibility index (Phi) is 6.18. The number of anilines is 1. The summed E-state index contributed by atoms with van der Waals surface area (Å²) < 4.78 is 5.63. The topological polar surface area (TPSA) is 86.2 Å². The molecule has 1 aromatic rings. The fourth-order valence-corrected chi connectivity index (χ4v) is 4.77. The number of carboxylic acid groups (broad SMARTS) is 1. The molecule has 1 aromatic heterocycles. The summed E-state index contributed by atoms with van der Waals surface area (Å²) in [5, 5.41) is 9.23. The Hall–Kier alpha value is -2.35. The first-order valence-electron chi connectivity index (χ1n) is 10.7. The molecule has 4 rings (SSSR count). The lowest BCUT2D eigenvalue weighted by molar-refractivity contribution is -0.143. The van der Waals surface area contributed by atoms with Crippen molar-refractivity contribution in [3.63, 3.8) is 0 Å². The molecule has 8 nitrogen and oxygen atoms in total. The van der Waals surface area contributed by atoms with Gasteiger partial charge in [0, 0.05) is 50.3 Å². The lowest BCUT2D eigenvalue weighted by Gasteiger charge is -2.36. The van der Waals surface area contributed by atoms with E-state index in [0.29, 0.717) is 13.1 Å². The fourth-order valence-electron chi connectivity index (χ4n) is 4.77. The molecule has 3 aliphatic rings. The molecule has 0 aromatic carbocycles. The summed E-state index contributed by atoms with van der Waals surface area (Å²) >= 11 is 0. The molecule has 2 unspecified atom stereocenters. The molecule has 0 bridgehead atoms. The smallest absolute Gasteiger partial charge is 0.410 e. The largest absolute Gasteiger partial charge is 0.481 e. The Balaban J connectivity index is 1.23. The van der Waals surface area contributed by atoms with Crippen LogP contribution in [0.25, 0.3) is 0 Å². The third kappa shape index (κ3) is 4.80. The molecule has 158 valence electrons. The van der Waals surface area contributed by atoms with Crippen molar-refractivity contribution >= 4 is 17.7 Å². The van der Waals surface area contributed by atoms with Crippen molar-refractivity contribution in [2.24, 2.45) is 5.92 Å². The van der Waals surface area contributed by atoms with Gasteiger partial charge in [0.05, 0.1) is 12.5 Å². The van der Waals surface area contributed by atoms with E-state index in [4.69, 9.17) is 4.74 Å². The average Bonchev–Trinajstić information content (AvgIpc) is 3.14. The van der Waals surface area contributed by atoms with Crippen LogP contribution in [0.3, 0.4) is 0 Å². The summed E-state index contributed by atoms with van der Waals surface area (Å²) in [7, 11) is 0. The van der Waals surface area contributed by atoms with Gasteiger partial charge in [0.25, 0.3) is 0 Å². The number of ether oxygens (including phenoxy) is 1. The molecule has 1 amide bonds. The first kappa shape index (κ1) is 19.9. The number of likely N-dealkylation sites (tertiary alicyclic amines) is 1. The van der Waals surface area contributed by atoms with E-state index < -0.39 is 5.97 Å². The molecule has 8 heteroatoms. The predicted molar refractivity (Wildman–Crippen MR) is 108 cm³/mol. The van der Waals surface area contributed by atoms with Crippen LogP contribution >= 0.6 is 0 Å². The number of carboxylic acids is 1. The number of carbonyl (C=O) groups is 2. The van der Waals surface area contributed by atoms with E-state index >= 15 is 0 Å². The number of hydrogen-bond acceptors (Lipinski definition) is 6. The SMILES string of the molecule is O=C(O)C1CCCN(CCC2CN(C3CCN(c4ccncc4)CC3)C(=O)O2)C1. The predicted octanol–water partition coefficient (Wildman–Crippen LogP) is 2.06. The zero-order valence-electron chi connectivity index (χ0n) is 16.8. The van der Waals surface area contributed by atoms with Crippen LogP contribution in [-0.2, 0) is 9.53 Å². The molecule has 3 fully saturated rings. The molecule has 4 heterocycles. The summed E-state index contributed by atoms with van der Waals surface area (Å²) in [5.41, 5.74) is 1.18. The molecule has 3 saturated heterocycles. The zero-order valence-corrected chi connectivity index (χ0v) is 16.8. The van der Waals surface area contributed by atoms with Gasteiger partial charge in [0.2, 0.25) is 0 Å². The van der Waals surface area contributed by atoms with Crippen molar-refractivity contribution in [3.05, 3.63) is 24.5 Å². The number of carbonyl (C=O) groups excluding carboxylic acids is 1. The number of nitrogens with zero attached hydrogens (tertiary/aromatic N) is 4. The standard InChI is InChI=1S/C21H30N4O4/c26-20(27)16-2-1-10-23(14-16)11-7-19-15-25(21(28)29-19)18-5-12-24(13-6-18)17-3-8-22-9-4-17/h3-4,8-9,16,18-19H,1-2,5-7,10-15H2,(H,26,27). The van der Waals surface area contributed by atoms with Crippen LogP contribution in [0.15, 0.2) is 24.5 Å². The van der Waals surface area contributed by atoms with E-state index in [2.05, 4.69) is 14.8 Å². The van der Waals surface area contributed by atoms with Gasteiger partial charge in [-0.25, -0.2) is 4.79 Å². The normalized spacial score (nSPS) is 26.6. The van der Waals surface area contributed by atoms with Gasteiger partial charge in [-0.1, -0.05) is 0 Å². The lowest BCUT2D eigenvalue weighted by Crippen LogP contribution is -2.45. The van der Waals surface area contributed by atoms with Gasteiger partial charge >= 0.3 is 12.1 Å². The maximum atomic E-state index is 12.4. The quantitative estimate of drug-likeness (QED) is 0.779. The first-order valence-corrected chi connectivity index (χ1v) is 10.7. The number of aliphatic carboxylic acids is 1. The van der Waals surface area contributed by atoms with Crippen LogP contribution in [-0.4, -0.2) is 83.4 Å². The van der Waals surface area contributed by atoms with Gasteiger partial charge in [-0.05, 0) is 50.8 Å². The minimum Gasteiger partial charge on any atom is -0.481 e. The van der Waals surface area contributed by atoms with Crippen molar-refractivity contribution in [2.75, 3.05) is 44.2 Å². The maximum absolute atomic E-state index is 12.4. The van der Waals surface area contributed by atoms with E-state index in [1.165, 1.54) is 5.69 Å². The van der Waals surface area contributed by atoms with E-state index in [-0.39, 0.29) is 24.2 Å². The van der Waals surface area contributed by atoms with Gasteiger partial charge in [-0.3, -0.25) is 9.78 Å². The molecule has 0 saturated carbocycles. The van der Waals surface area contributed by atoms with Crippen LogP contribution < -0.4 is 4.90 Å². The van der Waals surface area contributed by atoms with Gasteiger partial charge in [0.1, 0.15) is 6.10 Å². The molecule has 0 spiro atoms. The van der Waals surface area contributed by atoms with Crippen molar-refractivity contribution in [1.29, 1.82) is 0 Å². The minimum absolute atomic E-state index is 0.0917. The number of piperidine rings is 2. The minimum atomic E-state index is -0.703. The molecule has 3 aliphatic heterocycles. The van der Waals surface area contributed by atoms with Crippen molar-refractivity contribution in [3.8, 4) is 0 Å². The first-order chi connectivity index (χ1) is 14.1. The lowest BCUT2D eigenvalue weighted by atomic mass is 9.98. The zero-order chi connectivity index (χ0) is 20.2. The molecular formula is C21H30N4O4. The summed E-state index contributed by atoms with van der Waals surface area (Å²) in [4.78, 5) is 34.2. The van der Waals surface area contributed by atoms with Crippen molar-refractivity contribution in [2.45, 2.75) is 44.2 Å². The number of aromatic nitrogens is 1. The fraction of sp³-hybridized carbons (Fsp3) is 0.667. The third-order valence-electron chi connectivity index (χ3n) is 6.46. The van der Waals surface area contributed by atoms with E-state index in [0.717, 1.165) is 58.3 Å². The third-order valence-corrected chi connectivity index (χ3v) is 6.46. The van der Waals surface area contributed by atoms with Crippen LogP contribution in [0.4, 0.5) is 10.5 Å². The highest BCUT2D eigenvalue weighted by molar-refractivity contribution is 5.70. The van der Waals surface area contributed by atoms with Crippen LogP contribution in [0.5, 0.6) is 0 Å². The molecular weight excluding hydrogens is 372 g/mol.